The highest BCUT2D eigenvalue weighted by Gasteiger charge is 2.09. The largest absolute Gasteiger partial charge is 0.434 e. The molecular formula is C10H12ClF2NO2. The molecular weight excluding hydrogens is 240 g/mol. The van der Waals surface area contributed by atoms with Crippen LogP contribution in [0.1, 0.15) is 12.5 Å². The lowest BCUT2D eigenvalue weighted by atomic mass is 10.2. The van der Waals surface area contributed by atoms with Gasteiger partial charge in [0, 0.05) is 17.1 Å². The second-order valence-corrected chi connectivity index (χ2v) is 3.32. The van der Waals surface area contributed by atoms with Crippen molar-refractivity contribution >= 4 is 11.6 Å². The van der Waals surface area contributed by atoms with Crippen molar-refractivity contribution in [3.05, 3.63) is 28.8 Å². The van der Waals surface area contributed by atoms with Crippen LogP contribution in [-0.2, 0) is 11.4 Å². The monoisotopic (exact) mass is 251 g/mol. The highest BCUT2D eigenvalue weighted by Crippen LogP contribution is 2.24. The van der Waals surface area contributed by atoms with E-state index in [2.05, 4.69) is 10.2 Å². The summed E-state index contributed by atoms with van der Waals surface area (Å²) in [5.74, 6) is 0.0894. The van der Waals surface area contributed by atoms with Crippen molar-refractivity contribution < 1.29 is 18.4 Å². The number of ether oxygens (including phenoxy) is 1. The van der Waals surface area contributed by atoms with Gasteiger partial charge in [0.2, 0.25) is 0 Å². The van der Waals surface area contributed by atoms with Gasteiger partial charge in [-0.25, -0.2) is 0 Å². The zero-order valence-electron chi connectivity index (χ0n) is 8.67. The van der Waals surface area contributed by atoms with Crippen molar-refractivity contribution in [3.8, 4) is 5.75 Å². The molecule has 1 aromatic rings. The molecule has 1 aromatic carbocycles. The molecule has 0 saturated heterocycles. The van der Waals surface area contributed by atoms with E-state index in [9.17, 15) is 8.78 Å². The molecule has 0 amide bonds. The van der Waals surface area contributed by atoms with Crippen LogP contribution in [-0.4, -0.2) is 13.2 Å². The Kier molecular flexibility index (Phi) is 5.45. The molecule has 0 saturated carbocycles. The Morgan fingerprint density at radius 2 is 2.19 bits per heavy atom. The van der Waals surface area contributed by atoms with Crippen LogP contribution in [0.4, 0.5) is 8.78 Å². The zero-order valence-corrected chi connectivity index (χ0v) is 9.43. The van der Waals surface area contributed by atoms with E-state index >= 15 is 0 Å². The summed E-state index contributed by atoms with van der Waals surface area (Å²) in [5, 5.41) is 0.454. The van der Waals surface area contributed by atoms with Crippen molar-refractivity contribution in [1.82, 2.24) is 5.48 Å². The minimum absolute atomic E-state index is 0.0894. The molecule has 0 radical (unpaired) electrons. The van der Waals surface area contributed by atoms with E-state index in [4.69, 9.17) is 16.4 Å². The van der Waals surface area contributed by atoms with Crippen LogP contribution in [0.5, 0.6) is 5.75 Å². The van der Waals surface area contributed by atoms with E-state index in [1.807, 2.05) is 6.92 Å². The molecule has 3 nitrogen and oxygen atoms in total. The van der Waals surface area contributed by atoms with E-state index in [0.717, 1.165) is 0 Å². The fourth-order valence-electron chi connectivity index (χ4n) is 1.13. The molecule has 0 atom stereocenters. The number of hydrogen-bond donors (Lipinski definition) is 1. The van der Waals surface area contributed by atoms with Crippen molar-refractivity contribution in [2.75, 3.05) is 6.61 Å². The van der Waals surface area contributed by atoms with Crippen molar-refractivity contribution in [1.29, 1.82) is 0 Å². The average Bonchev–Trinajstić information content (AvgIpc) is 2.22. The summed E-state index contributed by atoms with van der Waals surface area (Å²) < 4.78 is 28.5. The van der Waals surface area contributed by atoms with Crippen LogP contribution >= 0.6 is 11.6 Å². The molecule has 0 aliphatic carbocycles. The van der Waals surface area contributed by atoms with Crippen LogP contribution in [0.3, 0.4) is 0 Å². The SMILES string of the molecule is CCONCc1cc(Cl)ccc1OC(F)F. The molecule has 6 heteroatoms. The van der Waals surface area contributed by atoms with Gasteiger partial charge in [-0.05, 0) is 25.1 Å². The van der Waals surface area contributed by atoms with Crippen LogP contribution in [0.25, 0.3) is 0 Å². The van der Waals surface area contributed by atoms with Crippen molar-refractivity contribution in [2.45, 2.75) is 20.1 Å². The number of hydrogen-bond acceptors (Lipinski definition) is 3. The molecule has 90 valence electrons. The first-order valence-electron chi connectivity index (χ1n) is 4.71. The predicted molar refractivity (Wildman–Crippen MR) is 56.5 cm³/mol. The third kappa shape index (κ3) is 4.30. The summed E-state index contributed by atoms with van der Waals surface area (Å²) >= 11 is 5.75. The summed E-state index contributed by atoms with van der Waals surface area (Å²) in [6, 6.07) is 4.44. The molecule has 1 rings (SSSR count). The normalized spacial score (nSPS) is 10.8. The van der Waals surface area contributed by atoms with Gasteiger partial charge in [0.05, 0.1) is 6.61 Å². The maximum Gasteiger partial charge on any atom is 0.387 e. The summed E-state index contributed by atoms with van der Waals surface area (Å²) in [7, 11) is 0. The first-order valence-corrected chi connectivity index (χ1v) is 5.09. The molecule has 0 bridgehead atoms. The molecule has 0 unspecified atom stereocenters. The predicted octanol–water partition coefficient (Wildman–Crippen LogP) is 2.98. The standard InChI is InChI=1S/C10H12ClF2NO2/c1-2-15-14-6-7-5-8(11)3-4-9(7)16-10(12)13/h3-5,10,14H,2,6H2,1H3. The quantitative estimate of drug-likeness (QED) is 0.623. The molecule has 0 spiro atoms. The molecule has 16 heavy (non-hydrogen) atoms. The molecule has 0 aliphatic heterocycles. The second-order valence-electron chi connectivity index (χ2n) is 2.88. The fraction of sp³-hybridized carbons (Fsp3) is 0.400. The van der Waals surface area contributed by atoms with E-state index in [1.165, 1.54) is 12.1 Å². The van der Waals surface area contributed by atoms with Crippen LogP contribution < -0.4 is 10.2 Å². The van der Waals surface area contributed by atoms with Gasteiger partial charge < -0.3 is 9.57 Å². The Hall–Kier alpha value is -0.910. The molecule has 0 aliphatic rings. The summed E-state index contributed by atoms with van der Waals surface area (Å²) in [6.45, 7) is -0.323. The topological polar surface area (TPSA) is 30.5 Å². The lowest BCUT2D eigenvalue weighted by Gasteiger charge is -2.11. The lowest BCUT2D eigenvalue weighted by molar-refractivity contribution is -0.0510. The summed E-state index contributed by atoms with van der Waals surface area (Å²) in [6.07, 6.45) is 0. The Balaban J connectivity index is 2.73. The van der Waals surface area contributed by atoms with Gasteiger partial charge in [0.25, 0.3) is 0 Å². The van der Waals surface area contributed by atoms with Crippen LogP contribution in [0, 0.1) is 0 Å². The van der Waals surface area contributed by atoms with Gasteiger partial charge in [-0.2, -0.15) is 14.3 Å². The highest BCUT2D eigenvalue weighted by atomic mass is 35.5. The van der Waals surface area contributed by atoms with Crippen molar-refractivity contribution in [3.63, 3.8) is 0 Å². The molecule has 1 N–H and O–H groups in total. The Labute approximate surface area is 97.3 Å². The Bertz CT molecular complexity index is 337. The lowest BCUT2D eigenvalue weighted by Crippen LogP contribution is -2.15. The molecule has 0 heterocycles. The third-order valence-corrected chi connectivity index (χ3v) is 1.98. The van der Waals surface area contributed by atoms with E-state index in [1.54, 1.807) is 6.07 Å². The fourth-order valence-corrected chi connectivity index (χ4v) is 1.32. The third-order valence-electron chi connectivity index (χ3n) is 1.75. The Morgan fingerprint density at radius 1 is 1.44 bits per heavy atom. The number of rotatable bonds is 6. The maximum atomic E-state index is 12.1. The van der Waals surface area contributed by atoms with Gasteiger partial charge >= 0.3 is 6.61 Å². The summed E-state index contributed by atoms with van der Waals surface area (Å²) in [4.78, 5) is 4.90. The minimum Gasteiger partial charge on any atom is -0.434 e. The number of nitrogens with one attached hydrogen (secondary N) is 1. The van der Waals surface area contributed by atoms with Crippen LogP contribution in [0.2, 0.25) is 5.02 Å². The number of hydroxylamine groups is 1. The van der Waals surface area contributed by atoms with Gasteiger partial charge in [-0.3, -0.25) is 0 Å². The number of benzene rings is 1. The maximum absolute atomic E-state index is 12.1. The Morgan fingerprint density at radius 3 is 2.81 bits per heavy atom. The van der Waals surface area contributed by atoms with Crippen molar-refractivity contribution in [2.24, 2.45) is 0 Å². The van der Waals surface area contributed by atoms with E-state index in [-0.39, 0.29) is 12.3 Å². The molecule has 0 fully saturated rings. The van der Waals surface area contributed by atoms with Crippen LogP contribution in [0.15, 0.2) is 18.2 Å². The van der Waals surface area contributed by atoms with Gasteiger partial charge in [0.15, 0.2) is 0 Å². The van der Waals surface area contributed by atoms with Gasteiger partial charge in [0.1, 0.15) is 5.75 Å². The zero-order chi connectivity index (χ0) is 12.0. The number of alkyl halides is 2. The first-order chi connectivity index (χ1) is 7.63. The molecule has 0 aromatic heterocycles. The van der Waals surface area contributed by atoms with E-state index in [0.29, 0.717) is 17.2 Å². The van der Waals surface area contributed by atoms with Gasteiger partial charge in [-0.15, -0.1) is 0 Å². The average molecular weight is 252 g/mol. The first kappa shape index (κ1) is 13.2. The van der Waals surface area contributed by atoms with Gasteiger partial charge in [-0.1, -0.05) is 11.6 Å². The smallest absolute Gasteiger partial charge is 0.387 e. The number of halogens is 3. The minimum atomic E-state index is -2.85. The van der Waals surface area contributed by atoms with E-state index < -0.39 is 6.61 Å². The second kappa shape index (κ2) is 6.62. The highest BCUT2D eigenvalue weighted by molar-refractivity contribution is 6.30. The summed E-state index contributed by atoms with van der Waals surface area (Å²) in [5.41, 5.74) is 3.12.